The van der Waals surface area contributed by atoms with E-state index in [1.165, 1.54) is 0 Å². The van der Waals surface area contributed by atoms with Crippen LogP contribution in [0.4, 0.5) is 5.69 Å². The van der Waals surface area contributed by atoms with Crippen molar-refractivity contribution in [2.45, 2.75) is 13.0 Å². The Kier molecular flexibility index (Phi) is 5.39. The number of amides is 1. The molecular formula is C14H20BrN3O2. The van der Waals surface area contributed by atoms with Crippen LogP contribution in [-0.4, -0.2) is 49.7 Å². The molecule has 0 spiro atoms. The van der Waals surface area contributed by atoms with Crippen LogP contribution in [0, 0.1) is 0 Å². The Balaban J connectivity index is 1.89. The Morgan fingerprint density at radius 1 is 1.45 bits per heavy atom. The molecule has 1 aliphatic rings. The minimum atomic E-state index is -0.0984. The van der Waals surface area contributed by atoms with Crippen LogP contribution in [0.15, 0.2) is 22.7 Å². The number of anilines is 1. The van der Waals surface area contributed by atoms with E-state index in [-0.39, 0.29) is 11.9 Å². The fourth-order valence-corrected chi connectivity index (χ4v) is 2.78. The largest absolute Gasteiger partial charge is 0.399 e. The molecule has 0 aliphatic carbocycles. The number of benzene rings is 1. The lowest BCUT2D eigenvalue weighted by Crippen LogP contribution is -2.46. The number of morpholine rings is 1. The van der Waals surface area contributed by atoms with Gasteiger partial charge < -0.3 is 15.8 Å². The number of hydrogen-bond donors (Lipinski definition) is 2. The Labute approximate surface area is 127 Å². The molecule has 2 rings (SSSR count). The molecule has 0 bridgehead atoms. The van der Waals surface area contributed by atoms with Crippen LogP contribution in [-0.2, 0) is 4.74 Å². The summed E-state index contributed by atoms with van der Waals surface area (Å²) < 4.78 is 6.12. The Bertz CT molecular complexity index is 455. The number of halogens is 1. The number of nitrogen functional groups attached to an aromatic ring is 1. The summed E-state index contributed by atoms with van der Waals surface area (Å²) in [5.74, 6) is -0.0984. The van der Waals surface area contributed by atoms with Gasteiger partial charge in [-0.05, 0) is 25.1 Å². The molecule has 110 valence electrons. The molecule has 0 aromatic heterocycles. The summed E-state index contributed by atoms with van der Waals surface area (Å²) in [6.07, 6.45) is 0. The van der Waals surface area contributed by atoms with E-state index < -0.39 is 0 Å². The molecule has 1 heterocycles. The van der Waals surface area contributed by atoms with E-state index in [4.69, 9.17) is 10.5 Å². The van der Waals surface area contributed by atoms with Crippen molar-refractivity contribution in [1.29, 1.82) is 0 Å². The Morgan fingerprint density at radius 2 is 2.15 bits per heavy atom. The van der Waals surface area contributed by atoms with E-state index in [2.05, 4.69) is 26.1 Å². The fourth-order valence-electron chi connectivity index (χ4n) is 2.27. The van der Waals surface area contributed by atoms with Crippen molar-refractivity contribution in [3.8, 4) is 0 Å². The molecule has 0 radical (unpaired) electrons. The number of nitrogens with zero attached hydrogens (tertiary/aromatic N) is 1. The molecular weight excluding hydrogens is 322 g/mol. The lowest BCUT2D eigenvalue weighted by atomic mass is 10.1. The molecule has 1 amide bonds. The zero-order valence-corrected chi connectivity index (χ0v) is 13.1. The first-order chi connectivity index (χ1) is 9.54. The van der Waals surface area contributed by atoms with Crippen LogP contribution in [0.2, 0.25) is 0 Å². The van der Waals surface area contributed by atoms with Crippen LogP contribution in [0.25, 0.3) is 0 Å². The SMILES string of the molecule is CC(CN1CCOCC1)NC(=O)c1cc(N)cc(Br)c1. The molecule has 6 heteroatoms. The summed E-state index contributed by atoms with van der Waals surface area (Å²) >= 11 is 3.35. The van der Waals surface area contributed by atoms with E-state index in [0.717, 1.165) is 37.3 Å². The van der Waals surface area contributed by atoms with Crippen LogP contribution >= 0.6 is 15.9 Å². The number of ether oxygens (including phenoxy) is 1. The summed E-state index contributed by atoms with van der Waals surface area (Å²) in [5, 5.41) is 3.00. The topological polar surface area (TPSA) is 67.6 Å². The highest BCUT2D eigenvalue weighted by Gasteiger charge is 2.16. The summed E-state index contributed by atoms with van der Waals surface area (Å²) in [5.41, 5.74) is 6.89. The molecule has 3 N–H and O–H groups in total. The van der Waals surface area contributed by atoms with Gasteiger partial charge in [-0.3, -0.25) is 9.69 Å². The van der Waals surface area contributed by atoms with Gasteiger partial charge in [0.25, 0.3) is 5.91 Å². The summed E-state index contributed by atoms with van der Waals surface area (Å²) in [6, 6.07) is 5.31. The summed E-state index contributed by atoms with van der Waals surface area (Å²) in [6.45, 7) is 6.22. The average Bonchev–Trinajstić information content (AvgIpc) is 2.38. The molecule has 1 saturated heterocycles. The molecule has 5 nitrogen and oxygen atoms in total. The summed E-state index contributed by atoms with van der Waals surface area (Å²) in [4.78, 5) is 14.5. The smallest absolute Gasteiger partial charge is 0.251 e. The number of carbonyl (C=O) groups is 1. The third-order valence-electron chi connectivity index (χ3n) is 3.20. The predicted molar refractivity (Wildman–Crippen MR) is 82.7 cm³/mol. The molecule has 1 atom stereocenters. The van der Waals surface area contributed by atoms with Crippen molar-refractivity contribution in [1.82, 2.24) is 10.2 Å². The third-order valence-corrected chi connectivity index (χ3v) is 3.65. The highest BCUT2D eigenvalue weighted by molar-refractivity contribution is 9.10. The minimum Gasteiger partial charge on any atom is -0.399 e. The number of nitrogens with one attached hydrogen (secondary N) is 1. The van der Waals surface area contributed by atoms with E-state index in [1.807, 2.05) is 6.92 Å². The van der Waals surface area contributed by atoms with E-state index >= 15 is 0 Å². The van der Waals surface area contributed by atoms with Crippen molar-refractivity contribution in [2.24, 2.45) is 0 Å². The lowest BCUT2D eigenvalue weighted by molar-refractivity contribution is 0.0342. The monoisotopic (exact) mass is 341 g/mol. The van der Waals surface area contributed by atoms with Crippen LogP contribution < -0.4 is 11.1 Å². The van der Waals surface area contributed by atoms with Crippen molar-refractivity contribution in [3.63, 3.8) is 0 Å². The van der Waals surface area contributed by atoms with E-state index in [9.17, 15) is 4.79 Å². The van der Waals surface area contributed by atoms with E-state index in [0.29, 0.717) is 11.3 Å². The second-order valence-corrected chi connectivity index (χ2v) is 5.98. The molecule has 1 unspecified atom stereocenters. The maximum absolute atomic E-state index is 12.2. The van der Waals surface area contributed by atoms with Gasteiger partial charge in [0.1, 0.15) is 0 Å². The first kappa shape index (κ1) is 15.3. The minimum absolute atomic E-state index is 0.0841. The van der Waals surface area contributed by atoms with Crippen LogP contribution in [0.3, 0.4) is 0 Å². The van der Waals surface area contributed by atoms with Crippen LogP contribution in [0.1, 0.15) is 17.3 Å². The lowest BCUT2D eigenvalue weighted by Gasteiger charge is -2.29. The number of carbonyl (C=O) groups excluding carboxylic acids is 1. The first-order valence-electron chi connectivity index (χ1n) is 6.71. The molecule has 1 aromatic carbocycles. The number of hydrogen-bond acceptors (Lipinski definition) is 4. The van der Waals surface area contributed by atoms with E-state index in [1.54, 1.807) is 18.2 Å². The Morgan fingerprint density at radius 3 is 2.80 bits per heavy atom. The highest BCUT2D eigenvalue weighted by atomic mass is 79.9. The van der Waals surface area contributed by atoms with Gasteiger partial charge in [0.15, 0.2) is 0 Å². The van der Waals surface area contributed by atoms with Crippen molar-refractivity contribution < 1.29 is 9.53 Å². The van der Waals surface area contributed by atoms with Crippen molar-refractivity contribution in [2.75, 3.05) is 38.6 Å². The standard InChI is InChI=1S/C14H20BrN3O2/c1-10(9-18-2-4-20-5-3-18)17-14(19)11-6-12(15)8-13(16)7-11/h6-8,10H,2-5,9,16H2,1H3,(H,17,19). The van der Waals surface area contributed by atoms with Gasteiger partial charge in [-0.15, -0.1) is 0 Å². The predicted octanol–water partition coefficient (Wildman–Crippen LogP) is 1.48. The molecule has 0 saturated carbocycles. The highest BCUT2D eigenvalue weighted by Crippen LogP contribution is 2.17. The number of nitrogens with two attached hydrogens (primary N) is 1. The summed E-state index contributed by atoms with van der Waals surface area (Å²) in [7, 11) is 0. The molecule has 1 fully saturated rings. The average molecular weight is 342 g/mol. The second-order valence-electron chi connectivity index (χ2n) is 5.06. The van der Waals surface area contributed by atoms with Gasteiger partial charge in [-0.2, -0.15) is 0 Å². The van der Waals surface area contributed by atoms with Gasteiger partial charge >= 0.3 is 0 Å². The molecule has 20 heavy (non-hydrogen) atoms. The van der Waals surface area contributed by atoms with Gasteiger partial charge in [0, 0.05) is 41.4 Å². The van der Waals surface area contributed by atoms with Gasteiger partial charge in [-0.1, -0.05) is 15.9 Å². The van der Waals surface area contributed by atoms with Crippen molar-refractivity contribution in [3.05, 3.63) is 28.2 Å². The first-order valence-corrected chi connectivity index (χ1v) is 7.51. The molecule has 1 aromatic rings. The number of rotatable bonds is 4. The Hall–Kier alpha value is -1.11. The maximum atomic E-state index is 12.2. The van der Waals surface area contributed by atoms with Crippen molar-refractivity contribution >= 4 is 27.5 Å². The normalized spacial score (nSPS) is 17.7. The van der Waals surface area contributed by atoms with Gasteiger partial charge in [0.05, 0.1) is 13.2 Å². The third kappa shape index (κ3) is 4.47. The van der Waals surface area contributed by atoms with Crippen LogP contribution in [0.5, 0.6) is 0 Å². The maximum Gasteiger partial charge on any atom is 0.251 e. The zero-order chi connectivity index (χ0) is 14.5. The molecule has 1 aliphatic heterocycles. The van der Waals surface area contributed by atoms with Gasteiger partial charge in [-0.25, -0.2) is 0 Å². The van der Waals surface area contributed by atoms with Gasteiger partial charge in [0.2, 0.25) is 0 Å². The fraction of sp³-hybridized carbons (Fsp3) is 0.500. The zero-order valence-electron chi connectivity index (χ0n) is 11.6. The quantitative estimate of drug-likeness (QED) is 0.814. The second kappa shape index (κ2) is 7.06.